The average Bonchev–Trinajstić information content (AvgIpc) is 3.44. The van der Waals surface area contributed by atoms with E-state index in [-0.39, 0.29) is 49.1 Å². The number of ether oxygens (including phenoxy) is 1. The maximum Gasteiger partial charge on any atom is 0.270 e. The van der Waals surface area contributed by atoms with Crippen LogP contribution in [0.3, 0.4) is 0 Å². The number of nitro benzene ring substituents is 1. The van der Waals surface area contributed by atoms with Gasteiger partial charge in [0.15, 0.2) is 0 Å². The smallest absolute Gasteiger partial charge is 0.270 e. The lowest BCUT2D eigenvalue weighted by Gasteiger charge is -2.27. The summed E-state index contributed by atoms with van der Waals surface area (Å²) in [4.78, 5) is 15.7. The molecule has 3 aromatic rings. The van der Waals surface area contributed by atoms with Crippen LogP contribution < -0.4 is 5.32 Å². The molecular weight excluding hydrogens is 432 g/mol. The first-order valence-corrected chi connectivity index (χ1v) is 11.4. The maximum atomic E-state index is 13.1. The van der Waals surface area contributed by atoms with E-state index in [1.54, 1.807) is 0 Å². The number of rotatable bonds is 7. The molecule has 1 aliphatic rings. The molecule has 0 atom stereocenters. The normalized spacial score (nSPS) is 15.2. The second kappa shape index (κ2) is 8.52. The molecule has 158 valence electrons. The van der Waals surface area contributed by atoms with E-state index < -0.39 is 14.9 Å². The summed E-state index contributed by atoms with van der Waals surface area (Å²) in [5, 5.41) is 16.1. The minimum atomic E-state index is -3.94. The van der Waals surface area contributed by atoms with Crippen molar-refractivity contribution in [1.29, 1.82) is 0 Å². The van der Waals surface area contributed by atoms with Gasteiger partial charge in [0.2, 0.25) is 15.9 Å². The van der Waals surface area contributed by atoms with Crippen LogP contribution in [0.2, 0.25) is 0 Å². The summed E-state index contributed by atoms with van der Waals surface area (Å²) in [5.41, 5.74) is 0.535. The van der Waals surface area contributed by atoms with Crippen molar-refractivity contribution in [3.8, 4) is 10.8 Å². The van der Waals surface area contributed by atoms with Crippen molar-refractivity contribution in [2.75, 3.05) is 31.6 Å². The molecule has 0 unspecified atom stereocenters. The molecule has 3 heterocycles. The van der Waals surface area contributed by atoms with E-state index in [2.05, 4.69) is 10.3 Å². The fourth-order valence-electron chi connectivity index (χ4n) is 3.00. The zero-order valence-corrected chi connectivity index (χ0v) is 17.3. The lowest BCUT2D eigenvalue weighted by Crippen LogP contribution is -2.40. The van der Waals surface area contributed by atoms with E-state index >= 15 is 0 Å². The summed E-state index contributed by atoms with van der Waals surface area (Å²) < 4.78 is 38.2. The number of sulfonamides is 1. The largest absolute Gasteiger partial charge is 0.443 e. The zero-order valence-electron chi connectivity index (χ0n) is 15.7. The van der Waals surface area contributed by atoms with Crippen LogP contribution in [0.25, 0.3) is 10.8 Å². The number of aromatic nitrogens is 1. The highest BCUT2D eigenvalue weighted by Crippen LogP contribution is 2.30. The van der Waals surface area contributed by atoms with Crippen LogP contribution in [-0.4, -0.2) is 48.9 Å². The van der Waals surface area contributed by atoms with Crippen LogP contribution in [-0.2, 0) is 21.3 Å². The Kier molecular flexibility index (Phi) is 5.81. The summed E-state index contributed by atoms with van der Waals surface area (Å²) in [6, 6.07) is 7.51. The van der Waals surface area contributed by atoms with E-state index in [0.29, 0.717) is 11.6 Å². The third kappa shape index (κ3) is 4.21. The van der Waals surface area contributed by atoms with E-state index in [4.69, 9.17) is 9.15 Å². The van der Waals surface area contributed by atoms with Crippen molar-refractivity contribution in [1.82, 2.24) is 9.29 Å². The maximum absolute atomic E-state index is 13.1. The number of anilines is 1. The number of nitrogens with zero attached hydrogens (tertiary/aromatic N) is 3. The molecule has 30 heavy (non-hydrogen) atoms. The summed E-state index contributed by atoms with van der Waals surface area (Å²) in [7, 11) is -3.94. The zero-order chi connectivity index (χ0) is 21.1. The Hall–Kier alpha value is -2.80. The first-order chi connectivity index (χ1) is 14.4. The number of thiophene rings is 1. The first kappa shape index (κ1) is 20.5. The average molecular weight is 450 g/mol. The van der Waals surface area contributed by atoms with E-state index in [9.17, 15) is 18.5 Å². The molecule has 0 spiro atoms. The molecule has 2 aromatic heterocycles. The lowest BCUT2D eigenvalue weighted by molar-refractivity contribution is -0.385. The Bertz CT molecular complexity index is 1140. The predicted molar refractivity (Wildman–Crippen MR) is 110 cm³/mol. The minimum Gasteiger partial charge on any atom is -0.443 e. The Morgan fingerprint density at radius 1 is 1.27 bits per heavy atom. The van der Waals surface area contributed by atoms with Crippen LogP contribution in [0, 0.1) is 10.1 Å². The van der Waals surface area contributed by atoms with Gasteiger partial charge in [-0.05, 0) is 17.5 Å². The number of non-ortho nitro benzene ring substituents is 1. The van der Waals surface area contributed by atoms with Gasteiger partial charge < -0.3 is 14.5 Å². The van der Waals surface area contributed by atoms with Crippen molar-refractivity contribution in [2.45, 2.75) is 11.4 Å². The number of benzene rings is 1. The van der Waals surface area contributed by atoms with Crippen molar-refractivity contribution < 1.29 is 22.5 Å². The monoisotopic (exact) mass is 450 g/mol. The van der Waals surface area contributed by atoms with E-state index in [0.717, 1.165) is 10.9 Å². The molecular formula is C18H18N4O6S2. The van der Waals surface area contributed by atoms with Crippen molar-refractivity contribution in [3.63, 3.8) is 0 Å². The number of hydrogen-bond donors (Lipinski definition) is 1. The van der Waals surface area contributed by atoms with Crippen LogP contribution in [0.4, 0.5) is 11.4 Å². The molecule has 12 heteroatoms. The quantitative estimate of drug-likeness (QED) is 0.430. The molecule has 1 aliphatic heterocycles. The molecule has 0 aliphatic carbocycles. The number of nitrogens with one attached hydrogen (secondary N) is 1. The third-order valence-electron chi connectivity index (χ3n) is 4.51. The van der Waals surface area contributed by atoms with Crippen LogP contribution in [0.1, 0.15) is 5.69 Å². The van der Waals surface area contributed by atoms with Crippen molar-refractivity contribution >= 4 is 32.7 Å². The fraction of sp³-hybridized carbons (Fsp3) is 0.278. The van der Waals surface area contributed by atoms with Gasteiger partial charge in [-0.2, -0.15) is 4.31 Å². The van der Waals surface area contributed by atoms with E-state index in [1.165, 1.54) is 34.0 Å². The summed E-state index contributed by atoms with van der Waals surface area (Å²) in [6.45, 7) is 1.14. The van der Waals surface area contributed by atoms with Gasteiger partial charge in [-0.3, -0.25) is 10.1 Å². The Morgan fingerprint density at radius 3 is 2.77 bits per heavy atom. The number of oxazole rings is 1. The lowest BCUT2D eigenvalue weighted by atomic mass is 10.2. The Morgan fingerprint density at radius 2 is 2.07 bits per heavy atom. The van der Waals surface area contributed by atoms with Gasteiger partial charge in [-0.15, -0.1) is 11.3 Å². The summed E-state index contributed by atoms with van der Waals surface area (Å²) in [5.74, 6) is 0.478. The van der Waals surface area contributed by atoms with Crippen LogP contribution in [0.15, 0.2) is 51.3 Å². The molecule has 0 bridgehead atoms. The SMILES string of the molecule is O=[N+]([O-])c1ccc(NCc2coc(-c3cccs3)n2)c(S(=O)(=O)N2CCOCC2)c1. The highest BCUT2D eigenvalue weighted by atomic mass is 32.2. The second-order valence-electron chi connectivity index (χ2n) is 6.43. The molecule has 0 radical (unpaired) electrons. The highest BCUT2D eigenvalue weighted by Gasteiger charge is 2.30. The molecule has 1 saturated heterocycles. The summed E-state index contributed by atoms with van der Waals surface area (Å²) >= 11 is 1.49. The molecule has 4 rings (SSSR count). The number of morpholine rings is 1. The Labute approximate surface area is 176 Å². The topological polar surface area (TPSA) is 128 Å². The van der Waals surface area contributed by atoms with Gasteiger partial charge >= 0.3 is 0 Å². The second-order valence-corrected chi connectivity index (χ2v) is 9.28. The van der Waals surface area contributed by atoms with Gasteiger partial charge in [0.25, 0.3) is 5.69 Å². The highest BCUT2D eigenvalue weighted by molar-refractivity contribution is 7.89. The van der Waals surface area contributed by atoms with Crippen molar-refractivity contribution in [2.24, 2.45) is 0 Å². The first-order valence-electron chi connectivity index (χ1n) is 9.03. The van der Waals surface area contributed by atoms with Gasteiger partial charge in [0.05, 0.1) is 40.9 Å². The molecule has 1 fully saturated rings. The van der Waals surface area contributed by atoms with E-state index in [1.807, 2.05) is 17.5 Å². The van der Waals surface area contributed by atoms with Gasteiger partial charge in [0.1, 0.15) is 11.2 Å². The van der Waals surface area contributed by atoms with Gasteiger partial charge in [0, 0.05) is 25.2 Å². The minimum absolute atomic E-state index is 0.152. The number of nitro groups is 1. The van der Waals surface area contributed by atoms with Crippen molar-refractivity contribution in [3.05, 3.63) is 57.8 Å². The standard InChI is InChI=1S/C18H18N4O6S2/c23-22(24)14-3-4-15(17(10-14)30(25,26)21-5-7-27-8-6-21)19-11-13-12-28-18(20-13)16-2-1-9-29-16/h1-4,9-10,12,19H,5-8,11H2. The summed E-state index contributed by atoms with van der Waals surface area (Å²) in [6.07, 6.45) is 1.49. The number of hydrogen-bond acceptors (Lipinski definition) is 9. The van der Waals surface area contributed by atoms with Gasteiger partial charge in [-0.25, -0.2) is 13.4 Å². The molecule has 1 N–H and O–H groups in total. The van der Waals surface area contributed by atoms with Crippen LogP contribution in [0.5, 0.6) is 0 Å². The fourth-order valence-corrected chi connectivity index (χ4v) is 5.25. The van der Waals surface area contributed by atoms with Crippen LogP contribution >= 0.6 is 11.3 Å². The third-order valence-corrected chi connectivity index (χ3v) is 7.30. The molecule has 10 nitrogen and oxygen atoms in total. The molecule has 1 aromatic carbocycles. The molecule has 0 saturated carbocycles. The molecule has 0 amide bonds. The Balaban J connectivity index is 1.60. The van der Waals surface area contributed by atoms with Gasteiger partial charge in [-0.1, -0.05) is 6.07 Å². The predicted octanol–water partition coefficient (Wildman–Crippen LogP) is 2.94.